The van der Waals surface area contributed by atoms with E-state index in [-0.39, 0.29) is 23.2 Å². The molecule has 2 aromatic rings. The van der Waals surface area contributed by atoms with Gasteiger partial charge in [0.25, 0.3) is 5.91 Å². The summed E-state index contributed by atoms with van der Waals surface area (Å²) in [5.74, 6) is -0.525. The van der Waals surface area contributed by atoms with Crippen LogP contribution in [-0.2, 0) is 0 Å². The van der Waals surface area contributed by atoms with Gasteiger partial charge in [-0.3, -0.25) is 9.69 Å². The molecule has 0 heterocycles. The molecule has 2 N–H and O–H groups in total. The van der Waals surface area contributed by atoms with Crippen molar-refractivity contribution in [2.24, 2.45) is 5.11 Å². The molecule has 1 radical (unpaired) electrons. The fourth-order valence-corrected chi connectivity index (χ4v) is 2.42. The lowest BCUT2D eigenvalue weighted by Gasteiger charge is -2.24. The van der Waals surface area contributed by atoms with Crippen molar-refractivity contribution >= 4 is 22.4 Å². The number of fused-ring (bicyclic) bond motifs is 1. The van der Waals surface area contributed by atoms with E-state index in [9.17, 15) is 9.90 Å². The smallest absolute Gasteiger partial charge is 0.256 e. The first kappa shape index (κ1) is 15.9. The van der Waals surface area contributed by atoms with E-state index in [4.69, 9.17) is 5.53 Å². The van der Waals surface area contributed by atoms with Crippen LogP contribution < -0.4 is 10.8 Å². The number of hydrogen-bond donors (Lipinski definition) is 2. The van der Waals surface area contributed by atoms with Crippen molar-refractivity contribution in [1.29, 1.82) is 0 Å². The van der Waals surface area contributed by atoms with Crippen LogP contribution in [0.1, 0.15) is 23.7 Å². The highest BCUT2D eigenvalue weighted by molar-refractivity contribution is 6.07. The Bertz CT molecular complexity index is 713. The quantitative estimate of drug-likeness (QED) is 0.656. The second kappa shape index (κ2) is 6.53. The van der Waals surface area contributed by atoms with E-state index < -0.39 is 5.91 Å². The summed E-state index contributed by atoms with van der Waals surface area (Å²) in [5.41, 5.74) is 9.49. The third-order valence-corrected chi connectivity index (χ3v) is 3.65. The van der Waals surface area contributed by atoms with Crippen LogP contribution in [0.2, 0.25) is 0 Å². The molecule has 0 aliphatic rings. The summed E-state index contributed by atoms with van der Waals surface area (Å²) in [6, 6.07) is 8.31. The zero-order valence-corrected chi connectivity index (χ0v) is 12.9. The molecule has 1 atom stereocenters. The Morgan fingerprint density at radius 2 is 2.00 bits per heavy atom. The highest BCUT2D eigenvalue weighted by atomic mass is 16.3. The van der Waals surface area contributed by atoms with Crippen molar-refractivity contribution < 1.29 is 9.90 Å². The van der Waals surface area contributed by atoms with Crippen LogP contribution in [0.25, 0.3) is 10.8 Å². The maximum atomic E-state index is 12.4. The second-order valence-corrected chi connectivity index (χ2v) is 5.30. The minimum absolute atomic E-state index is 0.0896. The molecule has 6 nitrogen and oxygen atoms in total. The Labute approximate surface area is 129 Å². The molecule has 0 spiro atoms. The van der Waals surface area contributed by atoms with Crippen LogP contribution in [0, 0.1) is 0 Å². The Morgan fingerprint density at radius 3 is 2.55 bits per heavy atom. The summed E-state index contributed by atoms with van der Waals surface area (Å²) < 4.78 is 0. The summed E-state index contributed by atoms with van der Waals surface area (Å²) in [6.45, 7) is 1.96. The number of carbonyl (C=O) groups excluding carboxylic acids is 1. The van der Waals surface area contributed by atoms with Gasteiger partial charge >= 0.3 is 0 Å². The zero-order valence-electron chi connectivity index (χ0n) is 12.9. The average molecular weight is 299 g/mol. The molecule has 6 heteroatoms. The molecule has 1 unspecified atom stereocenters. The van der Waals surface area contributed by atoms with Crippen molar-refractivity contribution in [3.05, 3.63) is 35.9 Å². The molecule has 22 heavy (non-hydrogen) atoms. The molecule has 0 aromatic heterocycles. The molecule has 2 rings (SSSR count). The fourth-order valence-electron chi connectivity index (χ4n) is 2.42. The van der Waals surface area contributed by atoms with Crippen molar-refractivity contribution in [1.82, 2.24) is 15.7 Å². The summed E-state index contributed by atoms with van der Waals surface area (Å²) >= 11 is 0. The third-order valence-electron chi connectivity index (χ3n) is 3.65. The molecular formula is C16H19N4O2. The van der Waals surface area contributed by atoms with Crippen molar-refractivity contribution in [2.45, 2.75) is 19.5 Å². The standard InChI is InChI=1S/C16H19N4O2/c1-4-14(20(2)3)18-16(22)12-9-13(19-17)10-7-5-6-8-11(10)15(12)21/h5-9,14,21H,4H2,1-3H3,(H,18,22). The van der Waals surface area contributed by atoms with E-state index in [1.807, 2.05) is 25.9 Å². The van der Waals surface area contributed by atoms with Crippen LogP contribution >= 0.6 is 0 Å². The summed E-state index contributed by atoms with van der Waals surface area (Å²) in [4.78, 5) is 14.3. The van der Waals surface area contributed by atoms with E-state index in [1.165, 1.54) is 6.07 Å². The third kappa shape index (κ3) is 2.92. The number of phenols is 1. The highest BCUT2D eigenvalue weighted by Gasteiger charge is 2.20. The van der Waals surface area contributed by atoms with Gasteiger partial charge < -0.3 is 10.4 Å². The second-order valence-electron chi connectivity index (χ2n) is 5.30. The summed E-state index contributed by atoms with van der Waals surface area (Å²) in [6.07, 6.45) is 0.581. The van der Waals surface area contributed by atoms with Gasteiger partial charge in [0, 0.05) is 10.8 Å². The van der Waals surface area contributed by atoms with E-state index >= 15 is 0 Å². The minimum atomic E-state index is -0.409. The molecule has 0 aliphatic carbocycles. The minimum Gasteiger partial charge on any atom is -0.506 e. The van der Waals surface area contributed by atoms with Gasteiger partial charge in [0.15, 0.2) is 0 Å². The van der Waals surface area contributed by atoms with Gasteiger partial charge in [0.1, 0.15) is 5.75 Å². The summed E-state index contributed by atoms with van der Waals surface area (Å²) in [5, 5.41) is 17.5. The lowest BCUT2D eigenvalue weighted by molar-refractivity contribution is 0.0885. The fraction of sp³-hybridized carbons (Fsp3) is 0.312. The molecular weight excluding hydrogens is 280 g/mol. The number of hydrogen-bond acceptors (Lipinski definition) is 4. The van der Waals surface area contributed by atoms with Crippen LogP contribution in [-0.4, -0.2) is 36.2 Å². The molecule has 0 fully saturated rings. The summed E-state index contributed by atoms with van der Waals surface area (Å²) in [7, 11) is 3.73. The van der Waals surface area contributed by atoms with E-state index in [0.29, 0.717) is 10.8 Å². The van der Waals surface area contributed by atoms with Crippen molar-refractivity contribution in [3.63, 3.8) is 0 Å². The first-order chi connectivity index (χ1) is 10.5. The van der Waals surface area contributed by atoms with Gasteiger partial charge in [-0.1, -0.05) is 31.2 Å². The van der Waals surface area contributed by atoms with E-state index in [0.717, 1.165) is 6.42 Å². The SMILES string of the molecule is CCC(NC(=O)c1cc(N=[N])c2ccccc2c1O)N(C)C. The van der Waals surface area contributed by atoms with Crippen LogP contribution in [0.5, 0.6) is 5.75 Å². The maximum Gasteiger partial charge on any atom is 0.256 e. The highest BCUT2D eigenvalue weighted by Crippen LogP contribution is 2.35. The van der Waals surface area contributed by atoms with Crippen LogP contribution in [0.15, 0.2) is 35.4 Å². The number of benzene rings is 2. The molecule has 115 valence electrons. The molecule has 1 amide bonds. The van der Waals surface area contributed by atoms with Gasteiger partial charge in [-0.15, -0.1) is 5.11 Å². The van der Waals surface area contributed by atoms with Crippen molar-refractivity contribution in [3.8, 4) is 5.75 Å². The molecule has 0 saturated carbocycles. The van der Waals surface area contributed by atoms with Gasteiger partial charge in [0.05, 0.1) is 17.4 Å². The predicted molar refractivity (Wildman–Crippen MR) is 85.1 cm³/mol. The first-order valence-electron chi connectivity index (χ1n) is 7.06. The largest absolute Gasteiger partial charge is 0.506 e. The van der Waals surface area contributed by atoms with Crippen LogP contribution in [0.4, 0.5) is 5.69 Å². The lowest BCUT2D eigenvalue weighted by atomic mass is 10.0. The Hall–Kier alpha value is -2.47. The topological polar surface area (TPSA) is 87.2 Å². The number of amides is 1. The first-order valence-corrected chi connectivity index (χ1v) is 7.06. The Kier molecular flexibility index (Phi) is 4.72. The van der Waals surface area contributed by atoms with Crippen LogP contribution in [0.3, 0.4) is 0 Å². The molecule has 2 aromatic carbocycles. The van der Waals surface area contributed by atoms with E-state index in [1.54, 1.807) is 24.3 Å². The molecule has 0 aliphatic heterocycles. The van der Waals surface area contributed by atoms with Gasteiger partial charge in [0.2, 0.25) is 0 Å². The predicted octanol–water partition coefficient (Wildman–Crippen LogP) is 2.46. The number of rotatable bonds is 5. The zero-order chi connectivity index (χ0) is 16.3. The number of aromatic hydroxyl groups is 1. The molecule has 0 saturated heterocycles. The number of nitrogens with one attached hydrogen (secondary N) is 1. The Morgan fingerprint density at radius 1 is 1.36 bits per heavy atom. The number of nitrogens with zero attached hydrogens (tertiary/aromatic N) is 3. The van der Waals surface area contributed by atoms with Crippen molar-refractivity contribution in [2.75, 3.05) is 14.1 Å². The number of carbonyl (C=O) groups is 1. The lowest BCUT2D eigenvalue weighted by Crippen LogP contribution is -2.44. The monoisotopic (exact) mass is 299 g/mol. The molecule has 0 bridgehead atoms. The Balaban J connectivity index is 2.49. The normalized spacial score (nSPS) is 12.4. The number of phenolic OH excluding ortho intramolecular Hbond substituents is 1. The van der Waals surface area contributed by atoms with E-state index in [2.05, 4.69) is 10.4 Å². The maximum absolute atomic E-state index is 12.4. The van der Waals surface area contributed by atoms with Gasteiger partial charge in [-0.25, -0.2) is 0 Å². The van der Waals surface area contributed by atoms with Gasteiger partial charge in [-0.05, 0) is 32.1 Å². The van der Waals surface area contributed by atoms with Gasteiger partial charge in [-0.2, -0.15) is 0 Å². The average Bonchev–Trinajstić information content (AvgIpc) is 2.52.